The summed E-state index contributed by atoms with van der Waals surface area (Å²) in [5.41, 5.74) is 5.82. The highest BCUT2D eigenvalue weighted by Gasteiger charge is 2.41. The highest BCUT2D eigenvalue weighted by Crippen LogP contribution is 2.35. The fourth-order valence-electron chi connectivity index (χ4n) is 2.83. The number of imide groups is 1. The molecule has 9 heteroatoms. The number of halogens is 1. The molecule has 1 aliphatic heterocycles. The summed E-state index contributed by atoms with van der Waals surface area (Å²) in [4.78, 5) is 38.6. The van der Waals surface area contributed by atoms with Crippen LogP contribution in [0.1, 0.15) is 16.8 Å². The van der Waals surface area contributed by atoms with Crippen LogP contribution in [-0.2, 0) is 9.59 Å². The second-order valence-electron chi connectivity index (χ2n) is 5.94. The molecule has 0 bridgehead atoms. The number of hydrazine groups is 1. The van der Waals surface area contributed by atoms with Crippen LogP contribution in [0, 0.1) is 0 Å². The van der Waals surface area contributed by atoms with Gasteiger partial charge < -0.3 is 9.47 Å². The summed E-state index contributed by atoms with van der Waals surface area (Å²) >= 11 is 3.30. The quantitative estimate of drug-likeness (QED) is 0.519. The predicted molar refractivity (Wildman–Crippen MR) is 105 cm³/mol. The van der Waals surface area contributed by atoms with Gasteiger partial charge >= 0.3 is 0 Å². The van der Waals surface area contributed by atoms with E-state index in [0.717, 1.165) is 4.90 Å². The molecule has 1 atom stereocenters. The Hall–Kier alpha value is -2.91. The average molecular weight is 448 g/mol. The van der Waals surface area contributed by atoms with E-state index in [1.165, 1.54) is 14.2 Å². The van der Waals surface area contributed by atoms with Crippen molar-refractivity contribution >= 4 is 39.3 Å². The Balaban J connectivity index is 1.75. The Bertz CT molecular complexity index is 934. The number of nitrogens with one attached hydrogen (secondary N) is 2. The van der Waals surface area contributed by atoms with Crippen LogP contribution in [0.4, 0.5) is 5.69 Å². The minimum absolute atomic E-state index is 0.102. The standard InChI is InChI=1S/C19H18BrN3O5/c1-27-11-7-8-16(28-2)15(9-11)23-17(24)10-14(19(23)26)21-22-18(25)12-5-3-4-6-13(12)20/h3-9,14,21H,10H2,1-2H3,(H,22,25). The van der Waals surface area contributed by atoms with Crippen molar-refractivity contribution in [2.75, 3.05) is 19.1 Å². The topological polar surface area (TPSA) is 97.0 Å². The van der Waals surface area contributed by atoms with Gasteiger partial charge in [-0.15, -0.1) is 0 Å². The van der Waals surface area contributed by atoms with Gasteiger partial charge in [-0.3, -0.25) is 19.8 Å². The van der Waals surface area contributed by atoms with Gasteiger partial charge in [0.2, 0.25) is 5.91 Å². The SMILES string of the molecule is COc1ccc(OC)c(N2C(=O)CC(NNC(=O)c3ccccc3Br)C2=O)c1. The number of ether oxygens (including phenoxy) is 2. The first-order valence-corrected chi connectivity index (χ1v) is 9.14. The molecule has 28 heavy (non-hydrogen) atoms. The van der Waals surface area contributed by atoms with E-state index in [0.29, 0.717) is 27.2 Å². The highest BCUT2D eigenvalue weighted by atomic mass is 79.9. The maximum absolute atomic E-state index is 12.8. The molecule has 146 valence electrons. The zero-order valence-electron chi connectivity index (χ0n) is 15.2. The molecule has 8 nitrogen and oxygen atoms in total. The summed E-state index contributed by atoms with van der Waals surface area (Å²) in [6.07, 6.45) is -0.102. The van der Waals surface area contributed by atoms with Crippen LogP contribution in [-0.4, -0.2) is 38.0 Å². The lowest BCUT2D eigenvalue weighted by atomic mass is 10.2. The number of anilines is 1. The van der Waals surface area contributed by atoms with Gasteiger partial charge in [0.15, 0.2) is 0 Å². The van der Waals surface area contributed by atoms with Crippen LogP contribution in [0.15, 0.2) is 46.9 Å². The monoisotopic (exact) mass is 447 g/mol. The van der Waals surface area contributed by atoms with Gasteiger partial charge in [-0.1, -0.05) is 12.1 Å². The third-order valence-electron chi connectivity index (χ3n) is 4.25. The molecule has 0 radical (unpaired) electrons. The lowest BCUT2D eigenvalue weighted by molar-refractivity contribution is -0.121. The molecule has 0 saturated carbocycles. The predicted octanol–water partition coefficient (Wildman–Crippen LogP) is 2.03. The van der Waals surface area contributed by atoms with Crippen molar-refractivity contribution in [2.45, 2.75) is 12.5 Å². The van der Waals surface area contributed by atoms with Crippen molar-refractivity contribution in [1.29, 1.82) is 0 Å². The van der Waals surface area contributed by atoms with Crippen LogP contribution in [0.2, 0.25) is 0 Å². The van der Waals surface area contributed by atoms with Crippen LogP contribution < -0.4 is 25.2 Å². The van der Waals surface area contributed by atoms with E-state index in [2.05, 4.69) is 26.8 Å². The Kier molecular flexibility index (Phi) is 5.96. The van der Waals surface area contributed by atoms with Crippen LogP contribution in [0.3, 0.4) is 0 Å². The molecule has 0 aromatic heterocycles. The molecule has 3 rings (SSSR count). The molecule has 1 aliphatic rings. The fraction of sp³-hybridized carbons (Fsp3) is 0.211. The van der Waals surface area contributed by atoms with Gasteiger partial charge in [0.25, 0.3) is 11.8 Å². The van der Waals surface area contributed by atoms with Crippen LogP contribution in [0.5, 0.6) is 11.5 Å². The molecule has 1 fully saturated rings. The van der Waals surface area contributed by atoms with E-state index in [-0.39, 0.29) is 6.42 Å². The summed E-state index contributed by atoms with van der Waals surface area (Å²) in [5.74, 6) is -0.492. The van der Waals surface area contributed by atoms with Crippen molar-refractivity contribution in [2.24, 2.45) is 0 Å². The Morgan fingerprint density at radius 2 is 1.89 bits per heavy atom. The van der Waals surface area contributed by atoms with Gasteiger partial charge in [0.1, 0.15) is 17.5 Å². The van der Waals surface area contributed by atoms with E-state index >= 15 is 0 Å². The van der Waals surface area contributed by atoms with E-state index in [4.69, 9.17) is 9.47 Å². The zero-order valence-corrected chi connectivity index (χ0v) is 16.8. The molecular formula is C19H18BrN3O5. The highest BCUT2D eigenvalue weighted by molar-refractivity contribution is 9.10. The van der Waals surface area contributed by atoms with Crippen molar-refractivity contribution in [1.82, 2.24) is 10.9 Å². The second-order valence-corrected chi connectivity index (χ2v) is 6.79. The van der Waals surface area contributed by atoms with E-state index in [1.807, 2.05) is 0 Å². The van der Waals surface area contributed by atoms with Crippen LogP contribution >= 0.6 is 15.9 Å². The third kappa shape index (κ3) is 3.85. The summed E-state index contributed by atoms with van der Waals surface area (Å²) in [6, 6.07) is 10.8. The number of nitrogens with zero attached hydrogens (tertiary/aromatic N) is 1. The van der Waals surface area contributed by atoms with Crippen molar-refractivity contribution in [3.8, 4) is 11.5 Å². The maximum atomic E-state index is 12.8. The maximum Gasteiger partial charge on any atom is 0.266 e. The number of carbonyl (C=O) groups excluding carboxylic acids is 3. The number of methoxy groups -OCH3 is 2. The minimum atomic E-state index is -0.894. The van der Waals surface area contributed by atoms with Crippen LogP contribution in [0.25, 0.3) is 0 Å². The number of benzene rings is 2. The molecule has 0 spiro atoms. The summed E-state index contributed by atoms with van der Waals surface area (Å²) in [5, 5.41) is 0. The van der Waals surface area contributed by atoms with Crippen molar-refractivity contribution in [3.05, 3.63) is 52.5 Å². The Morgan fingerprint density at radius 1 is 1.14 bits per heavy atom. The molecule has 2 N–H and O–H groups in total. The number of rotatable bonds is 6. The summed E-state index contributed by atoms with van der Waals surface area (Å²) in [7, 11) is 2.94. The molecule has 1 saturated heterocycles. The molecule has 2 aromatic carbocycles. The Morgan fingerprint density at radius 3 is 2.57 bits per heavy atom. The lowest BCUT2D eigenvalue weighted by Gasteiger charge is -2.19. The zero-order chi connectivity index (χ0) is 20.3. The third-order valence-corrected chi connectivity index (χ3v) is 4.94. The first-order valence-electron chi connectivity index (χ1n) is 8.35. The van der Waals surface area contributed by atoms with Gasteiger partial charge in [0.05, 0.1) is 31.9 Å². The number of hydrogen-bond acceptors (Lipinski definition) is 6. The summed E-state index contributed by atoms with van der Waals surface area (Å²) < 4.78 is 11.0. The van der Waals surface area contributed by atoms with E-state index < -0.39 is 23.8 Å². The van der Waals surface area contributed by atoms with Gasteiger partial charge in [-0.2, -0.15) is 0 Å². The fourth-order valence-corrected chi connectivity index (χ4v) is 3.30. The molecule has 0 aliphatic carbocycles. The smallest absolute Gasteiger partial charge is 0.266 e. The first kappa shape index (κ1) is 19.8. The second kappa shape index (κ2) is 8.41. The minimum Gasteiger partial charge on any atom is -0.497 e. The van der Waals surface area contributed by atoms with Gasteiger partial charge in [0, 0.05) is 10.5 Å². The number of amides is 3. The molecular weight excluding hydrogens is 430 g/mol. The normalized spacial score (nSPS) is 16.2. The molecule has 2 aromatic rings. The molecule has 1 unspecified atom stereocenters. The number of carbonyl (C=O) groups is 3. The van der Waals surface area contributed by atoms with Gasteiger partial charge in [-0.05, 0) is 40.2 Å². The van der Waals surface area contributed by atoms with E-state index in [1.54, 1.807) is 42.5 Å². The Labute approximate surface area is 169 Å². The van der Waals surface area contributed by atoms with E-state index in [9.17, 15) is 14.4 Å². The summed E-state index contributed by atoms with van der Waals surface area (Å²) in [6.45, 7) is 0. The largest absolute Gasteiger partial charge is 0.497 e. The first-order chi connectivity index (χ1) is 13.5. The lowest BCUT2D eigenvalue weighted by Crippen LogP contribution is -2.48. The molecule has 3 amide bonds. The van der Waals surface area contributed by atoms with Gasteiger partial charge in [-0.25, -0.2) is 10.3 Å². The average Bonchev–Trinajstić information content (AvgIpc) is 2.99. The van der Waals surface area contributed by atoms with Crippen molar-refractivity contribution in [3.63, 3.8) is 0 Å². The molecule has 1 heterocycles. The number of hydrogen-bond donors (Lipinski definition) is 2. The van der Waals surface area contributed by atoms with Crippen molar-refractivity contribution < 1.29 is 23.9 Å².